The maximum absolute atomic E-state index is 11.1. The topological polar surface area (TPSA) is 40.5 Å². The number of likely N-dealkylation sites (tertiary alicyclic amines) is 1. The number of nitrogens with zero attached hydrogens (tertiary/aromatic N) is 1. The summed E-state index contributed by atoms with van der Waals surface area (Å²) in [6.07, 6.45) is 0.762. The van der Waals surface area contributed by atoms with Crippen molar-refractivity contribution in [3.05, 3.63) is 30.3 Å². The van der Waals surface area contributed by atoms with Crippen LogP contribution >= 0.6 is 11.8 Å². The summed E-state index contributed by atoms with van der Waals surface area (Å²) in [5.41, 5.74) is -0.544. The molecular formula is C14H19NO2S. The highest BCUT2D eigenvalue weighted by Gasteiger charge is 2.39. The Morgan fingerprint density at radius 3 is 2.78 bits per heavy atom. The SMILES string of the molecule is CC1(C(=O)O)CCN(CCSc2ccccc2)C1. The Morgan fingerprint density at radius 1 is 1.44 bits per heavy atom. The third kappa shape index (κ3) is 3.27. The van der Waals surface area contributed by atoms with Crippen molar-refractivity contribution in [3.63, 3.8) is 0 Å². The maximum atomic E-state index is 11.1. The summed E-state index contributed by atoms with van der Waals surface area (Å²) in [5.74, 6) is 0.348. The lowest BCUT2D eigenvalue weighted by Crippen LogP contribution is -2.32. The van der Waals surface area contributed by atoms with Crippen LogP contribution in [-0.4, -0.2) is 41.4 Å². The largest absolute Gasteiger partial charge is 0.481 e. The van der Waals surface area contributed by atoms with Crippen molar-refractivity contribution in [1.82, 2.24) is 4.90 Å². The second-order valence-electron chi connectivity index (χ2n) is 5.05. The molecule has 1 aliphatic heterocycles. The average Bonchev–Trinajstić information content (AvgIpc) is 2.74. The van der Waals surface area contributed by atoms with E-state index in [1.807, 2.05) is 36.9 Å². The quantitative estimate of drug-likeness (QED) is 0.831. The van der Waals surface area contributed by atoms with E-state index in [9.17, 15) is 4.79 Å². The van der Waals surface area contributed by atoms with E-state index in [0.717, 1.165) is 25.3 Å². The van der Waals surface area contributed by atoms with Gasteiger partial charge in [-0.3, -0.25) is 4.79 Å². The number of thioether (sulfide) groups is 1. The fourth-order valence-corrected chi connectivity index (χ4v) is 3.17. The molecule has 0 radical (unpaired) electrons. The molecule has 1 aromatic rings. The van der Waals surface area contributed by atoms with E-state index in [0.29, 0.717) is 6.54 Å². The maximum Gasteiger partial charge on any atom is 0.310 e. The van der Waals surface area contributed by atoms with Crippen LogP contribution < -0.4 is 0 Å². The lowest BCUT2D eigenvalue weighted by Gasteiger charge is -2.19. The minimum Gasteiger partial charge on any atom is -0.481 e. The Labute approximate surface area is 112 Å². The molecule has 18 heavy (non-hydrogen) atoms. The predicted molar refractivity (Wildman–Crippen MR) is 74.0 cm³/mol. The van der Waals surface area contributed by atoms with Crippen molar-refractivity contribution in [1.29, 1.82) is 0 Å². The fraction of sp³-hybridized carbons (Fsp3) is 0.500. The van der Waals surface area contributed by atoms with Crippen LogP contribution in [-0.2, 0) is 4.79 Å². The molecular weight excluding hydrogens is 246 g/mol. The van der Waals surface area contributed by atoms with Crippen LogP contribution in [0.5, 0.6) is 0 Å². The van der Waals surface area contributed by atoms with Crippen molar-refractivity contribution in [2.24, 2.45) is 5.41 Å². The molecule has 1 heterocycles. The molecule has 0 amide bonds. The summed E-state index contributed by atoms with van der Waals surface area (Å²) in [7, 11) is 0. The van der Waals surface area contributed by atoms with Crippen LogP contribution in [0.15, 0.2) is 35.2 Å². The lowest BCUT2D eigenvalue weighted by atomic mass is 9.90. The van der Waals surface area contributed by atoms with Gasteiger partial charge < -0.3 is 10.0 Å². The summed E-state index contributed by atoms with van der Waals surface area (Å²) >= 11 is 1.83. The number of rotatable bonds is 5. The van der Waals surface area contributed by atoms with E-state index in [-0.39, 0.29) is 0 Å². The first kappa shape index (κ1) is 13.4. The van der Waals surface area contributed by atoms with E-state index in [1.54, 1.807) is 0 Å². The minimum atomic E-state index is -0.666. The van der Waals surface area contributed by atoms with Crippen molar-refractivity contribution in [2.75, 3.05) is 25.4 Å². The molecule has 1 aliphatic rings. The van der Waals surface area contributed by atoms with Crippen LogP contribution in [0.3, 0.4) is 0 Å². The lowest BCUT2D eigenvalue weighted by molar-refractivity contribution is -0.147. The second kappa shape index (κ2) is 5.76. The summed E-state index contributed by atoms with van der Waals surface area (Å²) in [6.45, 7) is 4.39. The van der Waals surface area contributed by atoms with Gasteiger partial charge in [0.05, 0.1) is 5.41 Å². The average molecular weight is 265 g/mol. The smallest absolute Gasteiger partial charge is 0.310 e. The van der Waals surface area contributed by atoms with Gasteiger partial charge in [-0.05, 0) is 32.0 Å². The highest BCUT2D eigenvalue weighted by Crippen LogP contribution is 2.30. The van der Waals surface area contributed by atoms with Crippen molar-refractivity contribution >= 4 is 17.7 Å². The van der Waals surface area contributed by atoms with Gasteiger partial charge in [-0.25, -0.2) is 0 Å². The van der Waals surface area contributed by atoms with Gasteiger partial charge in [-0.2, -0.15) is 0 Å². The molecule has 0 bridgehead atoms. The Morgan fingerprint density at radius 2 is 2.17 bits per heavy atom. The molecule has 2 rings (SSSR count). The molecule has 0 aliphatic carbocycles. The molecule has 0 saturated carbocycles. The first-order valence-electron chi connectivity index (χ1n) is 6.24. The van der Waals surface area contributed by atoms with Crippen molar-refractivity contribution in [2.45, 2.75) is 18.2 Å². The normalized spacial score (nSPS) is 24.3. The van der Waals surface area contributed by atoms with Gasteiger partial charge in [0, 0.05) is 23.7 Å². The number of aliphatic carboxylic acids is 1. The Hall–Kier alpha value is -1.00. The van der Waals surface area contributed by atoms with Gasteiger partial charge in [0.2, 0.25) is 0 Å². The Bertz CT molecular complexity index is 410. The third-order valence-corrected chi connectivity index (χ3v) is 4.48. The van der Waals surface area contributed by atoms with E-state index in [2.05, 4.69) is 17.0 Å². The monoisotopic (exact) mass is 265 g/mol. The van der Waals surface area contributed by atoms with Gasteiger partial charge in [-0.15, -0.1) is 11.8 Å². The molecule has 98 valence electrons. The summed E-state index contributed by atoms with van der Waals surface area (Å²) in [4.78, 5) is 14.7. The molecule has 4 heteroatoms. The number of benzene rings is 1. The number of carboxylic acids is 1. The zero-order valence-electron chi connectivity index (χ0n) is 10.6. The molecule has 0 spiro atoms. The molecule has 1 fully saturated rings. The van der Waals surface area contributed by atoms with Crippen LogP contribution in [0.25, 0.3) is 0 Å². The van der Waals surface area contributed by atoms with Crippen molar-refractivity contribution in [3.8, 4) is 0 Å². The summed E-state index contributed by atoms with van der Waals surface area (Å²) in [5, 5.41) is 9.16. The highest BCUT2D eigenvalue weighted by atomic mass is 32.2. The van der Waals surface area contributed by atoms with Crippen LogP contribution in [0.4, 0.5) is 0 Å². The Balaban J connectivity index is 1.74. The van der Waals surface area contributed by atoms with Gasteiger partial charge in [0.1, 0.15) is 0 Å². The number of carbonyl (C=O) groups is 1. The first-order valence-corrected chi connectivity index (χ1v) is 7.22. The van der Waals surface area contributed by atoms with Gasteiger partial charge in [-0.1, -0.05) is 18.2 Å². The van der Waals surface area contributed by atoms with E-state index in [1.165, 1.54) is 4.90 Å². The van der Waals surface area contributed by atoms with E-state index >= 15 is 0 Å². The molecule has 0 aromatic heterocycles. The summed E-state index contributed by atoms with van der Waals surface area (Å²) < 4.78 is 0. The molecule has 1 atom stereocenters. The molecule has 1 unspecified atom stereocenters. The molecule has 3 nitrogen and oxygen atoms in total. The predicted octanol–water partition coefficient (Wildman–Crippen LogP) is 2.58. The van der Waals surface area contributed by atoms with Crippen LogP contribution in [0, 0.1) is 5.41 Å². The zero-order chi connectivity index (χ0) is 13.0. The van der Waals surface area contributed by atoms with Gasteiger partial charge >= 0.3 is 5.97 Å². The van der Waals surface area contributed by atoms with E-state index in [4.69, 9.17) is 5.11 Å². The Kier molecular flexibility index (Phi) is 4.30. The van der Waals surface area contributed by atoms with Gasteiger partial charge in [0.25, 0.3) is 0 Å². The number of hydrogen-bond acceptors (Lipinski definition) is 3. The summed E-state index contributed by atoms with van der Waals surface area (Å²) in [6, 6.07) is 10.3. The standard InChI is InChI=1S/C14H19NO2S/c1-14(13(16)17)7-8-15(11-14)9-10-18-12-5-3-2-4-6-12/h2-6H,7-11H2,1H3,(H,16,17). The van der Waals surface area contributed by atoms with Gasteiger partial charge in [0.15, 0.2) is 0 Å². The van der Waals surface area contributed by atoms with Crippen LogP contribution in [0.2, 0.25) is 0 Å². The third-order valence-electron chi connectivity index (χ3n) is 3.49. The zero-order valence-corrected chi connectivity index (χ0v) is 11.4. The number of hydrogen-bond donors (Lipinski definition) is 1. The second-order valence-corrected chi connectivity index (χ2v) is 6.22. The fourth-order valence-electron chi connectivity index (χ4n) is 2.23. The molecule has 1 aromatic carbocycles. The molecule has 1 saturated heterocycles. The van der Waals surface area contributed by atoms with E-state index < -0.39 is 11.4 Å². The highest BCUT2D eigenvalue weighted by molar-refractivity contribution is 7.99. The number of carboxylic acid groups (broad SMARTS) is 1. The minimum absolute atomic E-state index is 0.544. The molecule has 1 N–H and O–H groups in total. The van der Waals surface area contributed by atoms with Crippen molar-refractivity contribution < 1.29 is 9.90 Å². The van der Waals surface area contributed by atoms with Crippen LogP contribution in [0.1, 0.15) is 13.3 Å². The first-order chi connectivity index (χ1) is 8.60.